The Bertz CT molecular complexity index is 644. The van der Waals surface area contributed by atoms with Gasteiger partial charge in [0, 0.05) is 0 Å². The van der Waals surface area contributed by atoms with Crippen molar-refractivity contribution in [3.8, 4) is 6.07 Å². The molecule has 0 heterocycles. The maximum atomic E-state index is 9.37. The van der Waals surface area contributed by atoms with Crippen LogP contribution in [0, 0.1) is 11.3 Å². The highest BCUT2D eigenvalue weighted by Gasteiger charge is 2.08. The third kappa shape index (κ3) is 2.89. The zero-order chi connectivity index (χ0) is 14.5. The van der Waals surface area contributed by atoms with E-state index in [0.29, 0.717) is 17.2 Å². The highest BCUT2D eigenvalue weighted by molar-refractivity contribution is 5.95. The Balaban J connectivity index is 2.44. The fourth-order valence-corrected chi connectivity index (χ4v) is 2.08. The first-order valence-corrected chi connectivity index (χ1v) is 6.69. The van der Waals surface area contributed by atoms with Gasteiger partial charge in [0.15, 0.2) is 0 Å². The number of nitrogens with two attached hydrogens (primary N) is 1. The lowest BCUT2D eigenvalue weighted by molar-refractivity contribution is 0.866. The molecule has 0 amide bonds. The lowest BCUT2D eigenvalue weighted by Gasteiger charge is -2.09. The molecule has 0 aliphatic heterocycles. The van der Waals surface area contributed by atoms with E-state index >= 15 is 0 Å². The summed E-state index contributed by atoms with van der Waals surface area (Å²) in [7, 11) is 0. The molecule has 0 aromatic heterocycles. The summed E-state index contributed by atoms with van der Waals surface area (Å²) in [5.74, 6) is 0.485. The molecule has 2 nitrogen and oxygen atoms in total. The molecule has 0 unspecified atom stereocenters. The van der Waals surface area contributed by atoms with Crippen LogP contribution < -0.4 is 5.73 Å². The van der Waals surface area contributed by atoms with Crippen molar-refractivity contribution in [2.24, 2.45) is 5.73 Å². The van der Waals surface area contributed by atoms with Crippen LogP contribution in [0.3, 0.4) is 0 Å². The van der Waals surface area contributed by atoms with Gasteiger partial charge in [-0.25, -0.2) is 0 Å². The third-order valence-electron chi connectivity index (χ3n) is 3.33. The predicted molar refractivity (Wildman–Crippen MR) is 83.6 cm³/mol. The molecule has 0 bridgehead atoms. The molecule has 0 aliphatic rings. The van der Waals surface area contributed by atoms with Gasteiger partial charge in [0.25, 0.3) is 0 Å². The van der Waals surface area contributed by atoms with Crippen LogP contribution in [0.15, 0.2) is 54.6 Å². The molecule has 0 saturated heterocycles. The second-order valence-corrected chi connectivity index (χ2v) is 5.04. The number of hydrogen-bond acceptors (Lipinski definition) is 2. The number of allylic oxidation sites excluding steroid dienone is 1. The monoisotopic (exact) mass is 262 g/mol. The summed E-state index contributed by atoms with van der Waals surface area (Å²) in [5, 5.41) is 9.37. The van der Waals surface area contributed by atoms with E-state index in [1.54, 1.807) is 0 Å². The Kier molecular flexibility index (Phi) is 4.22. The molecule has 2 aromatic rings. The van der Waals surface area contributed by atoms with E-state index in [0.717, 1.165) is 11.1 Å². The van der Waals surface area contributed by atoms with Crippen LogP contribution in [0.2, 0.25) is 0 Å². The lowest BCUT2D eigenvalue weighted by Crippen LogP contribution is -2.01. The van der Waals surface area contributed by atoms with Crippen LogP contribution in [-0.2, 0) is 0 Å². The highest BCUT2D eigenvalue weighted by Crippen LogP contribution is 2.23. The SMILES string of the molecule is CC(C)c1ccc(/C(N)=C(/C#N)c2ccccc2)cc1. The topological polar surface area (TPSA) is 49.8 Å². The molecule has 100 valence electrons. The molecule has 2 rings (SSSR count). The zero-order valence-electron chi connectivity index (χ0n) is 11.8. The predicted octanol–water partition coefficient (Wildman–Crippen LogP) is 4.16. The first kappa shape index (κ1) is 13.9. The Hall–Kier alpha value is -2.53. The standard InChI is InChI=1S/C18H18N2/c1-13(2)14-8-10-16(11-9-14)18(20)17(12-19)15-6-4-3-5-7-15/h3-11,13H,20H2,1-2H3/b18-17+. The first-order valence-electron chi connectivity index (χ1n) is 6.69. The first-order chi connectivity index (χ1) is 9.63. The van der Waals surface area contributed by atoms with Gasteiger partial charge in [-0.05, 0) is 22.6 Å². The molecule has 0 atom stereocenters. The summed E-state index contributed by atoms with van der Waals surface area (Å²) < 4.78 is 0. The summed E-state index contributed by atoms with van der Waals surface area (Å²) >= 11 is 0. The van der Waals surface area contributed by atoms with E-state index in [-0.39, 0.29) is 0 Å². The van der Waals surface area contributed by atoms with E-state index in [2.05, 4.69) is 32.0 Å². The van der Waals surface area contributed by atoms with Crippen LogP contribution in [-0.4, -0.2) is 0 Å². The second-order valence-electron chi connectivity index (χ2n) is 5.04. The number of nitriles is 1. The van der Waals surface area contributed by atoms with E-state index in [4.69, 9.17) is 5.73 Å². The Labute approximate surface area is 120 Å². The van der Waals surface area contributed by atoms with Crippen LogP contribution >= 0.6 is 0 Å². The molecular weight excluding hydrogens is 244 g/mol. The van der Waals surface area contributed by atoms with Gasteiger partial charge in [-0.1, -0.05) is 68.4 Å². The number of benzene rings is 2. The summed E-state index contributed by atoms with van der Waals surface area (Å²) in [6, 6.07) is 19.8. The van der Waals surface area contributed by atoms with Crippen molar-refractivity contribution in [1.82, 2.24) is 0 Å². The van der Waals surface area contributed by atoms with Crippen molar-refractivity contribution < 1.29 is 0 Å². The van der Waals surface area contributed by atoms with Gasteiger partial charge in [0.1, 0.15) is 6.07 Å². The van der Waals surface area contributed by atoms with Gasteiger partial charge in [-0.2, -0.15) is 5.26 Å². The molecule has 20 heavy (non-hydrogen) atoms. The molecule has 2 N–H and O–H groups in total. The minimum absolute atomic E-state index is 0.485. The molecule has 0 radical (unpaired) electrons. The Morgan fingerprint density at radius 2 is 1.55 bits per heavy atom. The summed E-state index contributed by atoms with van der Waals surface area (Å²) in [6.45, 7) is 4.30. The average Bonchev–Trinajstić information content (AvgIpc) is 2.49. The average molecular weight is 262 g/mol. The van der Waals surface area contributed by atoms with Gasteiger partial charge in [-0.15, -0.1) is 0 Å². The normalized spacial score (nSPS) is 11.9. The summed E-state index contributed by atoms with van der Waals surface area (Å²) in [5.41, 5.74) is 10.2. The van der Waals surface area contributed by atoms with Crippen molar-refractivity contribution in [2.45, 2.75) is 19.8 Å². The molecule has 2 heteroatoms. The molecular formula is C18H18N2. The summed E-state index contributed by atoms with van der Waals surface area (Å²) in [4.78, 5) is 0. The van der Waals surface area contributed by atoms with E-state index in [1.165, 1.54) is 5.56 Å². The van der Waals surface area contributed by atoms with Crippen LogP contribution in [0.1, 0.15) is 36.5 Å². The second kappa shape index (κ2) is 6.08. The number of rotatable bonds is 3. The van der Waals surface area contributed by atoms with Crippen LogP contribution in [0.4, 0.5) is 0 Å². The maximum absolute atomic E-state index is 9.37. The minimum atomic E-state index is 0.485. The van der Waals surface area contributed by atoms with Gasteiger partial charge < -0.3 is 5.73 Å². The third-order valence-corrected chi connectivity index (χ3v) is 3.33. The number of hydrogen-bond donors (Lipinski definition) is 1. The van der Waals surface area contributed by atoms with Gasteiger partial charge in [-0.3, -0.25) is 0 Å². The minimum Gasteiger partial charge on any atom is -0.397 e. The number of nitrogens with zero attached hydrogens (tertiary/aromatic N) is 1. The molecule has 0 fully saturated rings. The largest absolute Gasteiger partial charge is 0.397 e. The Morgan fingerprint density at radius 3 is 2.05 bits per heavy atom. The molecule has 2 aromatic carbocycles. The van der Waals surface area contributed by atoms with Gasteiger partial charge in [0.2, 0.25) is 0 Å². The van der Waals surface area contributed by atoms with E-state index < -0.39 is 0 Å². The molecule has 0 saturated carbocycles. The quantitative estimate of drug-likeness (QED) is 0.667. The fraction of sp³-hybridized carbons (Fsp3) is 0.167. The smallest absolute Gasteiger partial charge is 0.102 e. The van der Waals surface area contributed by atoms with Crippen molar-refractivity contribution in [2.75, 3.05) is 0 Å². The van der Waals surface area contributed by atoms with E-state index in [9.17, 15) is 5.26 Å². The highest BCUT2D eigenvalue weighted by atomic mass is 14.6. The van der Waals surface area contributed by atoms with Crippen LogP contribution in [0.5, 0.6) is 0 Å². The van der Waals surface area contributed by atoms with Gasteiger partial charge in [0.05, 0.1) is 11.3 Å². The summed E-state index contributed by atoms with van der Waals surface area (Å²) in [6.07, 6.45) is 0. The fourth-order valence-electron chi connectivity index (χ4n) is 2.08. The van der Waals surface area contributed by atoms with Gasteiger partial charge >= 0.3 is 0 Å². The Morgan fingerprint density at radius 1 is 0.950 bits per heavy atom. The zero-order valence-corrected chi connectivity index (χ0v) is 11.8. The van der Waals surface area contributed by atoms with Crippen molar-refractivity contribution in [3.63, 3.8) is 0 Å². The molecule has 0 aliphatic carbocycles. The van der Waals surface area contributed by atoms with Crippen molar-refractivity contribution in [3.05, 3.63) is 71.3 Å². The lowest BCUT2D eigenvalue weighted by atomic mass is 9.97. The van der Waals surface area contributed by atoms with Crippen molar-refractivity contribution in [1.29, 1.82) is 5.26 Å². The van der Waals surface area contributed by atoms with Crippen LogP contribution in [0.25, 0.3) is 11.3 Å². The maximum Gasteiger partial charge on any atom is 0.102 e. The van der Waals surface area contributed by atoms with E-state index in [1.807, 2.05) is 42.5 Å². The molecule has 0 spiro atoms. The van der Waals surface area contributed by atoms with Crippen molar-refractivity contribution >= 4 is 11.3 Å².